The number of carbonyl (C=O) groups excluding carboxylic acids is 1. The second-order valence-corrected chi connectivity index (χ2v) is 8.14. The van der Waals surface area contributed by atoms with E-state index in [0.717, 1.165) is 42.0 Å². The molecule has 0 bridgehead atoms. The van der Waals surface area contributed by atoms with E-state index in [9.17, 15) is 18.0 Å². The molecule has 0 aromatic carbocycles. The number of halogens is 3. The molecule has 0 radical (unpaired) electrons. The van der Waals surface area contributed by atoms with E-state index in [1.165, 1.54) is 6.20 Å². The first-order chi connectivity index (χ1) is 14.2. The van der Waals surface area contributed by atoms with Crippen LogP contribution >= 0.6 is 0 Å². The molecule has 2 aliphatic rings. The average molecular weight is 422 g/mol. The van der Waals surface area contributed by atoms with Gasteiger partial charge in [-0.1, -0.05) is 5.16 Å². The van der Waals surface area contributed by atoms with Crippen LogP contribution in [0.25, 0.3) is 0 Å². The summed E-state index contributed by atoms with van der Waals surface area (Å²) in [6.45, 7) is 5.56. The van der Waals surface area contributed by atoms with Gasteiger partial charge in [-0.25, -0.2) is 4.98 Å². The van der Waals surface area contributed by atoms with Gasteiger partial charge < -0.3 is 14.3 Å². The Morgan fingerprint density at radius 3 is 2.73 bits per heavy atom. The Morgan fingerprint density at radius 1 is 1.27 bits per heavy atom. The Labute approximate surface area is 173 Å². The van der Waals surface area contributed by atoms with Crippen LogP contribution in [0.15, 0.2) is 22.9 Å². The van der Waals surface area contributed by atoms with Gasteiger partial charge in [-0.05, 0) is 51.2 Å². The number of pyridine rings is 1. The summed E-state index contributed by atoms with van der Waals surface area (Å²) in [5.74, 6) is 1.51. The molecule has 4 rings (SSSR count). The number of fused-ring (bicyclic) bond motifs is 1. The first kappa shape index (κ1) is 20.7. The van der Waals surface area contributed by atoms with Crippen molar-refractivity contribution >= 4 is 11.7 Å². The van der Waals surface area contributed by atoms with Crippen molar-refractivity contribution in [1.29, 1.82) is 0 Å². The summed E-state index contributed by atoms with van der Waals surface area (Å²) < 4.78 is 44.4. The lowest BCUT2D eigenvalue weighted by Crippen LogP contribution is -2.50. The largest absolute Gasteiger partial charge is 0.416 e. The Morgan fingerprint density at radius 2 is 2.03 bits per heavy atom. The smallest absolute Gasteiger partial charge is 0.361 e. The van der Waals surface area contributed by atoms with Gasteiger partial charge in [0.2, 0.25) is 5.91 Å². The minimum absolute atomic E-state index is 0.00672. The number of aryl methyl sites for hydroxylation is 2. The summed E-state index contributed by atoms with van der Waals surface area (Å²) in [6, 6.07) is 2.09. The molecule has 2 aliphatic heterocycles. The van der Waals surface area contributed by atoms with Crippen molar-refractivity contribution in [1.82, 2.24) is 15.0 Å². The summed E-state index contributed by atoms with van der Waals surface area (Å²) >= 11 is 0. The van der Waals surface area contributed by atoms with Crippen LogP contribution in [-0.2, 0) is 17.4 Å². The van der Waals surface area contributed by atoms with E-state index in [-0.39, 0.29) is 11.9 Å². The highest BCUT2D eigenvalue weighted by Crippen LogP contribution is 2.35. The quantitative estimate of drug-likeness (QED) is 0.751. The zero-order valence-electron chi connectivity index (χ0n) is 17.1. The number of aromatic nitrogens is 2. The lowest BCUT2D eigenvalue weighted by molar-refractivity contribution is -0.137. The van der Waals surface area contributed by atoms with Crippen molar-refractivity contribution in [2.75, 3.05) is 24.5 Å². The fraction of sp³-hybridized carbons (Fsp3) is 0.571. The van der Waals surface area contributed by atoms with E-state index < -0.39 is 11.7 Å². The maximum Gasteiger partial charge on any atom is 0.416 e. The van der Waals surface area contributed by atoms with Crippen LogP contribution in [0.3, 0.4) is 0 Å². The number of nitrogens with zero attached hydrogens (tertiary/aromatic N) is 4. The lowest BCUT2D eigenvalue weighted by Gasteiger charge is -2.39. The molecule has 1 amide bonds. The molecule has 2 unspecified atom stereocenters. The first-order valence-corrected chi connectivity index (χ1v) is 10.2. The van der Waals surface area contributed by atoms with Crippen molar-refractivity contribution in [3.05, 3.63) is 40.9 Å². The Hall–Kier alpha value is -2.58. The minimum Gasteiger partial charge on any atom is -0.361 e. The van der Waals surface area contributed by atoms with Gasteiger partial charge in [0.25, 0.3) is 0 Å². The summed E-state index contributed by atoms with van der Waals surface area (Å²) in [5.41, 5.74) is 1.07. The highest BCUT2D eigenvalue weighted by Gasteiger charge is 2.41. The Kier molecular flexibility index (Phi) is 5.46. The zero-order chi connectivity index (χ0) is 21.5. The van der Waals surface area contributed by atoms with Crippen LogP contribution in [0.5, 0.6) is 0 Å². The van der Waals surface area contributed by atoms with E-state index in [0.29, 0.717) is 44.2 Å². The number of alkyl halides is 3. The van der Waals surface area contributed by atoms with E-state index in [4.69, 9.17) is 4.52 Å². The van der Waals surface area contributed by atoms with Crippen LogP contribution in [-0.4, -0.2) is 46.6 Å². The normalized spacial score (nSPS) is 21.8. The molecule has 30 heavy (non-hydrogen) atoms. The van der Waals surface area contributed by atoms with E-state index in [2.05, 4.69) is 10.1 Å². The lowest BCUT2D eigenvalue weighted by atomic mass is 9.92. The monoisotopic (exact) mass is 422 g/mol. The molecule has 2 atom stereocenters. The van der Waals surface area contributed by atoms with Crippen molar-refractivity contribution in [2.24, 2.45) is 5.92 Å². The number of hydrogen-bond acceptors (Lipinski definition) is 5. The number of likely N-dealkylation sites (tertiary alicyclic amines) is 1. The molecule has 0 aliphatic carbocycles. The second kappa shape index (κ2) is 7.92. The first-order valence-electron chi connectivity index (χ1n) is 10.2. The molecular weight excluding hydrogens is 397 g/mol. The second-order valence-electron chi connectivity index (χ2n) is 8.14. The van der Waals surface area contributed by atoms with Gasteiger partial charge in [-0.15, -0.1) is 0 Å². The van der Waals surface area contributed by atoms with Crippen molar-refractivity contribution < 1.29 is 22.5 Å². The van der Waals surface area contributed by atoms with Crippen LogP contribution in [0.2, 0.25) is 0 Å². The van der Waals surface area contributed by atoms with Crippen molar-refractivity contribution in [3.8, 4) is 0 Å². The van der Waals surface area contributed by atoms with Gasteiger partial charge in [0, 0.05) is 37.8 Å². The number of hydrogen-bond donors (Lipinski definition) is 0. The third-order valence-corrected chi connectivity index (χ3v) is 6.35. The van der Waals surface area contributed by atoms with E-state index in [1.54, 1.807) is 0 Å². The highest BCUT2D eigenvalue weighted by atomic mass is 19.4. The van der Waals surface area contributed by atoms with Crippen LogP contribution < -0.4 is 4.90 Å². The molecule has 0 N–H and O–H groups in total. The van der Waals surface area contributed by atoms with Crippen LogP contribution in [0, 0.1) is 19.8 Å². The third-order valence-electron chi connectivity index (χ3n) is 6.35. The maximum absolute atomic E-state index is 13.1. The summed E-state index contributed by atoms with van der Waals surface area (Å²) in [4.78, 5) is 20.9. The molecule has 6 nitrogen and oxygen atoms in total. The minimum atomic E-state index is -4.40. The topological polar surface area (TPSA) is 62.5 Å². The predicted molar refractivity (Wildman–Crippen MR) is 104 cm³/mol. The Balaban J connectivity index is 1.44. The van der Waals surface area contributed by atoms with Gasteiger partial charge in [-0.3, -0.25) is 4.79 Å². The molecule has 2 fully saturated rings. The third kappa shape index (κ3) is 4.02. The molecule has 2 saturated heterocycles. The number of carbonyl (C=O) groups is 1. The van der Waals surface area contributed by atoms with Gasteiger partial charge in [0.05, 0.1) is 17.3 Å². The van der Waals surface area contributed by atoms with Gasteiger partial charge in [0.1, 0.15) is 11.6 Å². The zero-order valence-corrected chi connectivity index (χ0v) is 17.1. The molecule has 2 aromatic rings. The van der Waals surface area contributed by atoms with E-state index in [1.807, 2.05) is 23.6 Å². The average Bonchev–Trinajstić information content (AvgIpc) is 3.28. The van der Waals surface area contributed by atoms with E-state index >= 15 is 0 Å². The summed E-state index contributed by atoms with van der Waals surface area (Å²) in [6.07, 6.45) is -0.475. The number of anilines is 1. The number of rotatable bonds is 4. The van der Waals surface area contributed by atoms with Gasteiger partial charge in [0.15, 0.2) is 0 Å². The SMILES string of the molecule is Cc1noc(C)c1CCC(=O)N1CCC2CCN(c3cc(C(F)(F)F)ccn3)CC21. The molecular formula is C21H25F3N4O2. The fourth-order valence-corrected chi connectivity index (χ4v) is 4.66. The standard InChI is InChI=1S/C21H25F3N4O2/c1-13-17(14(2)30-26-13)3-4-20(29)28-10-7-15-6-9-27(12-18(15)28)19-11-16(5-8-25-19)21(22,23)24/h5,8,11,15,18H,3-4,6-7,9-10,12H2,1-2H3. The summed E-state index contributed by atoms with van der Waals surface area (Å²) in [5, 5.41) is 3.93. The molecule has 0 spiro atoms. The number of piperidine rings is 1. The summed E-state index contributed by atoms with van der Waals surface area (Å²) in [7, 11) is 0. The highest BCUT2D eigenvalue weighted by molar-refractivity contribution is 5.77. The molecule has 0 saturated carbocycles. The fourth-order valence-electron chi connectivity index (χ4n) is 4.66. The molecule has 4 heterocycles. The van der Waals surface area contributed by atoms with Gasteiger partial charge in [-0.2, -0.15) is 13.2 Å². The van der Waals surface area contributed by atoms with Crippen molar-refractivity contribution in [2.45, 2.75) is 51.7 Å². The molecule has 162 valence electrons. The maximum atomic E-state index is 13.1. The van der Waals surface area contributed by atoms with Gasteiger partial charge >= 0.3 is 6.18 Å². The van der Waals surface area contributed by atoms with Crippen LogP contribution in [0.4, 0.5) is 19.0 Å². The Bertz CT molecular complexity index is 908. The van der Waals surface area contributed by atoms with Crippen LogP contribution in [0.1, 0.15) is 41.8 Å². The van der Waals surface area contributed by atoms with Crippen molar-refractivity contribution in [3.63, 3.8) is 0 Å². The molecule has 2 aromatic heterocycles. The predicted octanol–water partition coefficient (Wildman–Crippen LogP) is 3.77. The number of amides is 1. The molecule has 9 heteroatoms.